The van der Waals surface area contributed by atoms with Gasteiger partial charge >= 0.3 is 5.97 Å². The maximum atomic E-state index is 11.6. The van der Waals surface area contributed by atoms with Crippen LogP contribution >= 0.6 is 0 Å². The maximum Gasteiger partial charge on any atom is 0.308 e. The number of carboxylic acids is 1. The van der Waals surface area contributed by atoms with Gasteiger partial charge in [0, 0.05) is 19.2 Å². The van der Waals surface area contributed by atoms with Gasteiger partial charge in [0.2, 0.25) is 5.91 Å². The highest BCUT2D eigenvalue weighted by molar-refractivity contribution is 5.92. The standard InChI is InChI=1S/C14H19NO3/c1-9-5-6-13(7-10(9)2)15(12(4)16)8-11(3)14(17)18/h5-7,11H,8H2,1-4H3,(H,17,18). The number of carboxylic acid groups (broad SMARTS) is 1. The molecule has 0 bridgehead atoms. The molecule has 1 atom stereocenters. The fourth-order valence-electron chi connectivity index (χ4n) is 1.66. The lowest BCUT2D eigenvalue weighted by atomic mass is 10.1. The molecule has 4 heteroatoms. The van der Waals surface area contributed by atoms with Gasteiger partial charge in [-0.3, -0.25) is 9.59 Å². The van der Waals surface area contributed by atoms with Gasteiger partial charge in [-0.1, -0.05) is 13.0 Å². The second-order valence-corrected chi connectivity index (χ2v) is 4.64. The minimum Gasteiger partial charge on any atom is -0.481 e. The van der Waals surface area contributed by atoms with Crippen LogP contribution in [0.3, 0.4) is 0 Å². The summed E-state index contributed by atoms with van der Waals surface area (Å²) in [6.07, 6.45) is 0. The van der Waals surface area contributed by atoms with E-state index in [1.165, 1.54) is 11.8 Å². The number of aryl methyl sites for hydroxylation is 2. The second kappa shape index (κ2) is 5.67. The SMILES string of the molecule is CC(=O)N(CC(C)C(=O)O)c1ccc(C)c(C)c1. The minimum absolute atomic E-state index is 0.147. The first kappa shape index (κ1) is 14.2. The van der Waals surface area contributed by atoms with Gasteiger partial charge in [0.05, 0.1) is 5.92 Å². The lowest BCUT2D eigenvalue weighted by Crippen LogP contribution is -2.35. The van der Waals surface area contributed by atoms with Crippen LogP contribution in [-0.2, 0) is 9.59 Å². The molecule has 0 radical (unpaired) electrons. The smallest absolute Gasteiger partial charge is 0.308 e. The summed E-state index contributed by atoms with van der Waals surface area (Å²) in [5, 5.41) is 8.92. The van der Waals surface area contributed by atoms with Gasteiger partial charge in [0.1, 0.15) is 0 Å². The topological polar surface area (TPSA) is 57.6 Å². The molecular weight excluding hydrogens is 230 g/mol. The molecule has 1 aromatic carbocycles. The van der Waals surface area contributed by atoms with Crippen LogP contribution in [0.25, 0.3) is 0 Å². The number of anilines is 1. The first-order valence-electron chi connectivity index (χ1n) is 5.91. The highest BCUT2D eigenvalue weighted by Gasteiger charge is 2.19. The number of carbonyl (C=O) groups is 2. The first-order chi connectivity index (χ1) is 8.32. The predicted octanol–water partition coefficient (Wildman–Crippen LogP) is 2.38. The van der Waals surface area contributed by atoms with Crippen molar-refractivity contribution >= 4 is 17.6 Å². The monoisotopic (exact) mass is 249 g/mol. The van der Waals surface area contributed by atoms with Crippen molar-refractivity contribution in [2.24, 2.45) is 5.92 Å². The molecule has 0 heterocycles. The molecule has 0 fully saturated rings. The molecule has 0 saturated heterocycles. The molecule has 0 saturated carbocycles. The number of hydrogen-bond acceptors (Lipinski definition) is 2. The Bertz CT molecular complexity index is 468. The second-order valence-electron chi connectivity index (χ2n) is 4.64. The summed E-state index contributed by atoms with van der Waals surface area (Å²) < 4.78 is 0. The Morgan fingerprint density at radius 3 is 2.33 bits per heavy atom. The highest BCUT2D eigenvalue weighted by Crippen LogP contribution is 2.20. The van der Waals surface area contributed by atoms with E-state index < -0.39 is 11.9 Å². The summed E-state index contributed by atoms with van der Waals surface area (Å²) in [5.74, 6) is -1.63. The van der Waals surface area contributed by atoms with Crippen molar-refractivity contribution in [2.45, 2.75) is 27.7 Å². The number of nitrogens with zero attached hydrogens (tertiary/aromatic N) is 1. The van der Waals surface area contributed by atoms with Gasteiger partial charge in [0.25, 0.3) is 0 Å². The summed E-state index contributed by atoms with van der Waals surface area (Å²) in [6.45, 7) is 7.20. The van der Waals surface area contributed by atoms with Crippen molar-refractivity contribution in [3.05, 3.63) is 29.3 Å². The third-order valence-electron chi connectivity index (χ3n) is 3.06. The Morgan fingerprint density at radius 1 is 1.28 bits per heavy atom. The zero-order valence-electron chi connectivity index (χ0n) is 11.2. The Kier molecular flexibility index (Phi) is 4.48. The first-order valence-corrected chi connectivity index (χ1v) is 5.91. The molecule has 1 aromatic rings. The third-order valence-corrected chi connectivity index (χ3v) is 3.06. The van der Waals surface area contributed by atoms with Crippen molar-refractivity contribution in [2.75, 3.05) is 11.4 Å². The quantitative estimate of drug-likeness (QED) is 0.891. The van der Waals surface area contributed by atoms with E-state index in [0.29, 0.717) is 0 Å². The van der Waals surface area contributed by atoms with E-state index in [9.17, 15) is 9.59 Å². The van der Waals surface area contributed by atoms with Crippen molar-refractivity contribution in [1.29, 1.82) is 0 Å². The molecule has 0 aliphatic carbocycles. The average Bonchev–Trinajstić information content (AvgIpc) is 2.29. The van der Waals surface area contributed by atoms with E-state index in [4.69, 9.17) is 5.11 Å². The van der Waals surface area contributed by atoms with Crippen LogP contribution in [0.4, 0.5) is 5.69 Å². The lowest BCUT2D eigenvalue weighted by Gasteiger charge is -2.24. The summed E-state index contributed by atoms with van der Waals surface area (Å²) >= 11 is 0. The zero-order valence-corrected chi connectivity index (χ0v) is 11.2. The van der Waals surface area contributed by atoms with Crippen molar-refractivity contribution in [3.8, 4) is 0 Å². The van der Waals surface area contributed by atoms with Gasteiger partial charge in [-0.05, 0) is 37.1 Å². The Morgan fingerprint density at radius 2 is 1.89 bits per heavy atom. The predicted molar refractivity (Wildman–Crippen MR) is 70.7 cm³/mol. The molecule has 4 nitrogen and oxygen atoms in total. The normalized spacial score (nSPS) is 12.0. The zero-order chi connectivity index (χ0) is 13.9. The fourth-order valence-corrected chi connectivity index (χ4v) is 1.66. The number of rotatable bonds is 4. The van der Waals surface area contributed by atoms with E-state index in [0.717, 1.165) is 16.8 Å². The minimum atomic E-state index is -0.898. The van der Waals surface area contributed by atoms with Crippen LogP contribution in [0, 0.1) is 19.8 Å². The van der Waals surface area contributed by atoms with Gasteiger partial charge < -0.3 is 10.0 Å². The highest BCUT2D eigenvalue weighted by atomic mass is 16.4. The maximum absolute atomic E-state index is 11.6. The number of hydrogen-bond donors (Lipinski definition) is 1. The van der Waals surface area contributed by atoms with Crippen LogP contribution in [0.1, 0.15) is 25.0 Å². The number of benzene rings is 1. The summed E-state index contributed by atoms with van der Waals surface area (Å²) in [4.78, 5) is 24.0. The molecule has 0 aliphatic rings. The Balaban J connectivity index is 3.01. The average molecular weight is 249 g/mol. The summed E-state index contributed by atoms with van der Waals surface area (Å²) in [6, 6.07) is 5.69. The molecule has 1 unspecified atom stereocenters. The number of aliphatic carboxylic acids is 1. The Hall–Kier alpha value is -1.84. The molecule has 1 N–H and O–H groups in total. The molecule has 0 spiro atoms. The van der Waals surface area contributed by atoms with Crippen molar-refractivity contribution < 1.29 is 14.7 Å². The molecule has 0 aromatic heterocycles. The van der Waals surface area contributed by atoms with Gasteiger partial charge in [-0.15, -0.1) is 0 Å². The van der Waals surface area contributed by atoms with E-state index >= 15 is 0 Å². The van der Waals surface area contributed by atoms with E-state index in [2.05, 4.69) is 0 Å². The van der Waals surface area contributed by atoms with Crippen LogP contribution < -0.4 is 4.90 Å². The molecule has 18 heavy (non-hydrogen) atoms. The van der Waals surface area contributed by atoms with E-state index in [1.54, 1.807) is 6.92 Å². The van der Waals surface area contributed by atoms with Crippen LogP contribution in [0.2, 0.25) is 0 Å². The number of carbonyl (C=O) groups excluding carboxylic acids is 1. The van der Waals surface area contributed by atoms with Gasteiger partial charge in [-0.2, -0.15) is 0 Å². The van der Waals surface area contributed by atoms with Crippen molar-refractivity contribution in [1.82, 2.24) is 0 Å². The number of amides is 1. The molecule has 1 amide bonds. The summed E-state index contributed by atoms with van der Waals surface area (Å²) in [5.41, 5.74) is 2.98. The van der Waals surface area contributed by atoms with Crippen LogP contribution in [0.5, 0.6) is 0 Å². The fraction of sp³-hybridized carbons (Fsp3) is 0.429. The van der Waals surface area contributed by atoms with Crippen molar-refractivity contribution in [3.63, 3.8) is 0 Å². The molecule has 1 rings (SSSR count). The molecule has 98 valence electrons. The van der Waals surface area contributed by atoms with Gasteiger partial charge in [0.15, 0.2) is 0 Å². The lowest BCUT2D eigenvalue weighted by molar-refractivity contribution is -0.140. The van der Waals surface area contributed by atoms with Crippen LogP contribution in [-0.4, -0.2) is 23.5 Å². The van der Waals surface area contributed by atoms with Crippen LogP contribution in [0.15, 0.2) is 18.2 Å². The van der Waals surface area contributed by atoms with E-state index in [1.807, 2.05) is 32.0 Å². The molecular formula is C14H19NO3. The third kappa shape index (κ3) is 3.32. The Labute approximate surface area is 107 Å². The molecule has 0 aliphatic heterocycles. The van der Waals surface area contributed by atoms with E-state index in [-0.39, 0.29) is 12.5 Å². The van der Waals surface area contributed by atoms with Gasteiger partial charge in [-0.25, -0.2) is 0 Å². The summed E-state index contributed by atoms with van der Waals surface area (Å²) in [7, 11) is 0. The largest absolute Gasteiger partial charge is 0.481 e.